The van der Waals surface area contributed by atoms with Crippen LogP contribution in [0.15, 0.2) is 89.6 Å². The van der Waals surface area contributed by atoms with Crippen LogP contribution >= 0.6 is 23.4 Å². The third-order valence-corrected chi connectivity index (χ3v) is 6.49. The van der Waals surface area contributed by atoms with Crippen molar-refractivity contribution in [3.8, 4) is 5.75 Å². The van der Waals surface area contributed by atoms with Gasteiger partial charge in [-0.3, -0.25) is 4.79 Å². The maximum Gasteiger partial charge on any atom is 0.250 e. The molecule has 172 valence electrons. The number of para-hydroxylation sites is 3. The van der Waals surface area contributed by atoms with Crippen molar-refractivity contribution < 1.29 is 9.90 Å². The molecule has 0 spiro atoms. The van der Waals surface area contributed by atoms with Crippen LogP contribution in [0, 0.1) is 0 Å². The smallest absolute Gasteiger partial charge is 0.250 e. The van der Waals surface area contributed by atoms with Gasteiger partial charge < -0.3 is 9.67 Å². The Morgan fingerprint density at radius 2 is 1.88 bits per heavy atom. The summed E-state index contributed by atoms with van der Waals surface area (Å²) in [6.07, 6.45) is 3.69. The molecule has 0 aliphatic rings. The van der Waals surface area contributed by atoms with Crippen molar-refractivity contribution in [2.75, 3.05) is 5.75 Å². The summed E-state index contributed by atoms with van der Waals surface area (Å²) >= 11 is 7.70. The molecule has 0 aliphatic carbocycles. The summed E-state index contributed by atoms with van der Waals surface area (Å²) in [5.74, 6) is -0.0199. The molecule has 0 unspecified atom stereocenters. The number of hydrogen-bond donors (Lipinski definition) is 2. The highest BCUT2D eigenvalue weighted by Crippen LogP contribution is 2.27. The number of halogens is 1. The number of carbonyl (C=O) groups is 1. The largest absolute Gasteiger partial charge is 0.507 e. The number of rotatable bonds is 9. The minimum absolute atomic E-state index is 0.128. The van der Waals surface area contributed by atoms with E-state index in [1.54, 1.807) is 12.1 Å². The van der Waals surface area contributed by atoms with E-state index in [2.05, 4.69) is 21.7 Å². The zero-order chi connectivity index (χ0) is 23.9. The highest BCUT2D eigenvalue weighted by molar-refractivity contribution is 7.99. The number of aromatic hydroxyl groups is 1. The molecule has 0 fully saturated rings. The standard InChI is InChI=1S/C26H23ClN4O2S/c1-2-8-18-10-7-11-19(25(18)33)15-28-30-24(32)17-34-26-29-22-13-5-6-14-23(22)31(26)16-20-9-3-4-12-21(20)27/h2-7,9-15,33H,1,8,16-17H2,(H,30,32)/b28-15+. The lowest BCUT2D eigenvalue weighted by Gasteiger charge is -2.10. The highest BCUT2D eigenvalue weighted by Gasteiger charge is 2.14. The van der Waals surface area contributed by atoms with Gasteiger partial charge in [0.2, 0.25) is 0 Å². The molecule has 0 saturated carbocycles. The molecule has 3 aromatic carbocycles. The predicted molar refractivity (Wildman–Crippen MR) is 139 cm³/mol. The molecule has 0 atom stereocenters. The van der Waals surface area contributed by atoms with Crippen LogP contribution in [-0.2, 0) is 17.8 Å². The molecular weight excluding hydrogens is 468 g/mol. The van der Waals surface area contributed by atoms with Gasteiger partial charge in [-0.1, -0.05) is 71.9 Å². The number of phenols is 1. The van der Waals surface area contributed by atoms with Gasteiger partial charge in [0.05, 0.1) is 29.5 Å². The normalized spacial score (nSPS) is 11.2. The molecule has 4 aromatic rings. The molecule has 1 heterocycles. The first-order chi connectivity index (χ1) is 16.6. The van der Waals surface area contributed by atoms with Gasteiger partial charge in [-0.15, -0.1) is 6.58 Å². The molecule has 2 N–H and O–H groups in total. The lowest BCUT2D eigenvalue weighted by molar-refractivity contribution is -0.118. The number of amides is 1. The molecule has 34 heavy (non-hydrogen) atoms. The zero-order valence-electron chi connectivity index (χ0n) is 18.3. The van der Waals surface area contributed by atoms with E-state index in [4.69, 9.17) is 16.6 Å². The maximum atomic E-state index is 12.4. The number of benzene rings is 3. The first kappa shape index (κ1) is 23.6. The van der Waals surface area contributed by atoms with Gasteiger partial charge in [-0.25, -0.2) is 10.4 Å². The van der Waals surface area contributed by atoms with Crippen molar-refractivity contribution in [1.29, 1.82) is 0 Å². The Kier molecular flexibility index (Phi) is 7.67. The summed E-state index contributed by atoms with van der Waals surface area (Å²) in [7, 11) is 0. The van der Waals surface area contributed by atoms with Gasteiger partial charge in [0.1, 0.15) is 5.75 Å². The number of fused-ring (bicyclic) bond motifs is 1. The molecule has 4 rings (SSSR count). The quantitative estimate of drug-likeness (QED) is 0.142. The predicted octanol–water partition coefficient (Wildman–Crippen LogP) is 5.41. The molecule has 1 aromatic heterocycles. The first-order valence-electron chi connectivity index (χ1n) is 10.6. The van der Waals surface area contributed by atoms with E-state index in [1.165, 1.54) is 18.0 Å². The Bertz CT molecular complexity index is 1370. The number of aromatic nitrogens is 2. The monoisotopic (exact) mass is 490 g/mol. The molecule has 0 radical (unpaired) electrons. The van der Waals surface area contributed by atoms with E-state index < -0.39 is 0 Å². The number of phenolic OH excluding ortho intramolecular Hbond substituents is 1. The molecular formula is C26H23ClN4O2S. The molecule has 0 bridgehead atoms. The highest BCUT2D eigenvalue weighted by atomic mass is 35.5. The van der Waals surface area contributed by atoms with Crippen molar-refractivity contribution >= 4 is 46.5 Å². The van der Waals surface area contributed by atoms with E-state index >= 15 is 0 Å². The Morgan fingerprint density at radius 3 is 2.71 bits per heavy atom. The molecule has 8 heteroatoms. The van der Waals surface area contributed by atoms with Crippen LogP contribution in [0.3, 0.4) is 0 Å². The Hall–Kier alpha value is -3.55. The number of imidazole rings is 1. The third kappa shape index (κ3) is 5.50. The molecule has 0 aliphatic heterocycles. The second-order valence-corrected chi connectivity index (χ2v) is 8.84. The van der Waals surface area contributed by atoms with Crippen LogP contribution in [-0.4, -0.2) is 32.5 Å². The summed E-state index contributed by atoms with van der Waals surface area (Å²) in [6, 6.07) is 20.9. The van der Waals surface area contributed by atoms with Crippen molar-refractivity contribution in [3.05, 3.63) is 101 Å². The fourth-order valence-corrected chi connectivity index (χ4v) is 4.49. The van der Waals surface area contributed by atoms with Gasteiger partial charge in [0.15, 0.2) is 5.16 Å². The van der Waals surface area contributed by atoms with Crippen LogP contribution in [0.2, 0.25) is 5.02 Å². The third-order valence-electron chi connectivity index (χ3n) is 5.15. The molecule has 0 saturated heterocycles. The minimum Gasteiger partial charge on any atom is -0.507 e. The van der Waals surface area contributed by atoms with Crippen LogP contribution in [0.5, 0.6) is 5.75 Å². The number of hydrogen-bond acceptors (Lipinski definition) is 5. The number of hydrazone groups is 1. The van der Waals surface area contributed by atoms with E-state index in [0.29, 0.717) is 23.6 Å². The van der Waals surface area contributed by atoms with E-state index in [9.17, 15) is 9.90 Å². The van der Waals surface area contributed by atoms with Gasteiger partial charge in [-0.2, -0.15) is 5.10 Å². The van der Waals surface area contributed by atoms with Crippen molar-refractivity contribution in [2.45, 2.75) is 18.1 Å². The summed E-state index contributed by atoms with van der Waals surface area (Å²) in [4.78, 5) is 17.1. The van der Waals surface area contributed by atoms with E-state index in [1.807, 2.05) is 60.7 Å². The van der Waals surface area contributed by atoms with Gasteiger partial charge in [0.25, 0.3) is 5.91 Å². The second-order valence-electron chi connectivity index (χ2n) is 7.49. The summed E-state index contributed by atoms with van der Waals surface area (Å²) in [6.45, 7) is 4.23. The molecule has 6 nitrogen and oxygen atoms in total. The Labute approximate surface area is 207 Å². The number of carbonyl (C=O) groups excluding carboxylic acids is 1. The van der Waals surface area contributed by atoms with Gasteiger partial charge in [0, 0.05) is 10.6 Å². The number of nitrogens with one attached hydrogen (secondary N) is 1. The minimum atomic E-state index is -0.278. The van der Waals surface area contributed by atoms with Crippen molar-refractivity contribution in [3.63, 3.8) is 0 Å². The average molecular weight is 491 g/mol. The molecule has 1 amide bonds. The summed E-state index contributed by atoms with van der Waals surface area (Å²) in [5.41, 5.74) is 6.58. The zero-order valence-corrected chi connectivity index (χ0v) is 19.9. The number of allylic oxidation sites excluding steroid dienone is 1. The van der Waals surface area contributed by atoms with Crippen LogP contribution in [0.1, 0.15) is 16.7 Å². The van der Waals surface area contributed by atoms with Crippen molar-refractivity contribution in [2.24, 2.45) is 5.10 Å². The second kappa shape index (κ2) is 11.0. The lowest BCUT2D eigenvalue weighted by Crippen LogP contribution is -2.20. The van der Waals surface area contributed by atoms with E-state index in [-0.39, 0.29) is 17.4 Å². The van der Waals surface area contributed by atoms with Crippen LogP contribution < -0.4 is 5.43 Å². The van der Waals surface area contributed by atoms with E-state index in [0.717, 1.165) is 27.3 Å². The first-order valence-corrected chi connectivity index (χ1v) is 12.0. The van der Waals surface area contributed by atoms with Crippen LogP contribution in [0.25, 0.3) is 11.0 Å². The lowest BCUT2D eigenvalue weighted by atomic mass is 10.1. The fourth-order valence-electron chi connectivity index (χ4n) is 3.49. The Balaban J connectivity index is 1.45. The van der Waals surface area contributed by atoms with Crippen LogP contribution in [0.4, 0.5) is 0 Å². The topological polar surface area (TPSA) is 79.5 Å². The van der Waals surface area contributed by atoms with Gasteiger partial charge in [-0.05, 0) is 41.8 Å². The maximum absolute atomic E-state index is 12.4. The average Bonchev–Trinajstić information content (AvgIpc) is 3.19. The Morgan fingerprint density at radius 1 is 1.12 bits per heavy atom. The number of nitrogens with zero attached hydrogens (tertiary/aromatic N) is 3. The summed E-state index contributed by atoms with van der Waals surface area (Å²) < 4.78 is 2.06. The van der Waals surface area contributed by atoms with Crippen molar-refractivity contribution in [1.82, 2.24) is 15.0 Å². The fraction of sp³-hybridized carbons (Fsp3) is 0.115. The summed E-state index contributed by atoms with van der Waals surface area (Å²) in [5, 5.41) is 15.7. The number of thioether (sulfide) groups is 1. The van der Waals surface area contributed by atoms with Gasteiger partial charge >= 0.3 is 0 Å². The SMILES string of the molecule is C=CCc1cccc(/C=N/NC(=O)CSc2nc3ccccc3n2Cc2ccccc2Cl)c1O.